The van der Waals surface area contributed by atoms with Crippen molar-refractivity contribution in [1.82, 2.24) is 9.80 Å². The first-order valence-electron chi connectivity index (χ1n) is 10.5. The standard InChI is InChI=1S/C24H25BrN2O4/c25-19-9-4-8-18(16-19)21-20(22(28)17-6-2-1-3-7-17)23(29)24(30)27(21)11-5-10-26-12-14-31-15-13-26/h1-4,6-9,16,21,28H,5,10-15H2/b22-20+/t21-/m0/s1. The molecule has 2 heterocycles. The monoisotopic (exact) mass is 484 g/mol. The average molecular weight is 485 g/mol. The van der Waals surface area contributed by atoms with Gasteiger partial charge in [-0.15, -0.1) is 0 Å². The van der Waals surface area contributed by atoms with Gasteiger partial charge in [-0.05, 0) is 24.1 Å². The number of ketones is 1. The molecule has 0 bridgehead atoms. The molecule has 0 aromatic heterocycles. The molecule has 2 aromatic rings. The van der Waals surface area contributed by atoms with E-state index < -0.39 is 17.7 Å². The highest BCUT2D eigenvalue weighted by Crippen LogP contribution is 2.40. The summed E-state index contributed by atoms with van der Waals surface area (Å²) in [6.45, 7) is 4.46. The minimum Gasteiger partial charge on any atom is -0.507 e. The van der Waals surface area contributed by atoms with E-state index in [1.807, 2.05) is 30.3 Å². The van der Waals surface area contributed by atoms with Crippen molar-refractivity contribution in [3.05, 3.63) is 75.8 Å². The summed E-state index contributed by atoms with van der Waals surface area (Å²) in [6, 6.07) is 15.8. The zero-order valence-corrected chi connectivity index (χ0v) is 18.8. The number of morpholine rings is 1. The van der Waals surface area contributed by atoms with Crippen LogP contribution in [-0.2, 0) is 14.3 Å². The molecule has 0 aliphatic carbocycles. The number of carbonyl (C=O) groups is 2. The third kappa shape index (κ3) is 4.74. The van der Waals surface area contributed by atoms with Crippen molar-refractivity contribution in [1.29, 1.82) is 0 Å². The minimum absolute atomic E-state index is 0.139. The molecule has 2 fully saturated rings. The van der Waals surface area contributed by atoms with E-state index in [1.54, 1.807) is 29.2 Å². The molecule has 162 valence electrons. The third-order valence-electron chi connectivity index (χ3n) is 5.73. The minimum atomic E-state index is -0.641. The normalized spacial score (nSPS) is 21.6. The Hall–Kier alpha value is -2.48. The van der Waals surface area contributed by atoms with Crippen LogP contribution in [0.15, 0.2) is 64.6 Å². The number of nitrogens with zero attached hydrogens (tertiary/aromatic N) is 2. The lowest BCUT2D eigenvalue weighted by Crippen LogP contribution is -2.38. The van der Waals surface area contributed by atoms with Gasteiger partial charge in [-0.3, -0.25) is 14.5 Å². The molecular weight excluding hydrogens is 460 g/mol. The van der Waals surface area contributed by atoms with Gasteiger partial charge in [0, 0.05) is 36.2 Å². The molecule has 0 saturated carbocycles. The fourth-order valence-electron chi connectivity index (χ4n) is 4.17. The van der Waals surface area contributed by atoms with E-state index in [9.17, 15) is 14.7 Å². The Morgan fingerprint density at radius 2 is 1.77 bits per heavy atom. The predicted octanol–water partition coefficient (Wildman–Crippen LogP) is 3.59. The number of aliphatic hydroxyl groups is 1. The van der Waals surface area contributed by atoms with Crippen LogP contribution in [0.5, 0.6) is 0 Å². The van der Waals surface area contributed by atoms with Gasteiger partial charge in [0.15, 0.2) is 0 Å². The highest BCUT2D eigenvalue weighted by Gasteiger charge is 2.45. The first-order valence-corrected chi connectivity index (χ1v) is 11.2. The number of Topliss-reactive ketones (excluding diaryl/α,β-unsaturated/α-hetero) is 1. The Morgan fingerprint density at radius 1 is 1.03 bits per heavy atom. The molecule has 2 saturated heterocycles. The van der Waals surface area contributed by atoms with Crippen molar-refractivity contribution >= 4 is 33.4 Å². The van der Waals surface area contributed by atoms with Gasteiger partial charge in [-0.1, -0.05) is 58.4 Å². The van der Waals surface area contributed by atoms with Crippen LogP contribution in [0.25, 0.3) is 5.76 Å². The molecule has 2 aromatic carbocycles. The number of halogens is 1. The lowest BCUT2D eigenvalue weighted by molar-refractivity contribution is -0.140. The van der Waals surface area contributed by atoms with E-state index in [0.717, 1.165) is 49.3 Å². The fourth-order valence-corrected chi connectivity index (χ4v) is 4.59. The van der Waals surface area contributed by atoms with Crippen molar-refractivity contribution < 1.29 is 19.4 Å². The van der Waals surface area contributed by atoms with Crippen LogP contribution < -0.4 is 0 Å². The fraction of sp³-hybridized carbons (Fsp3) is 0.333. The predicted molar refractivity (Wildman–Crippen MR) is 121 cm³/mol. The number of hydrogen-bond donors (Lipinski definition) is 1. The summed E-state index contributed by atoms with van der Waals surface area (Å²) in [7, 11) is 0. The summed E-state index contributed by atoms with van der Waals surface area (Å²) in [5.74, 6) is -1.35. The van der Waals surface area contributed by atoms with Crippen LogP contribution in [0.1, 0.15) is 23.6 Å². The molecule has 6 nitrogen and oxygen atoms in total. The first kappa shape index (κ1) is 21.7. The zero-order chi connectivity index (χ0) is 21.8. The molecule has 1 atom stereocenters. The van der Waals surface area contributed by atoms with E-state index in [4.69, 9.17) is 4.74 Å². The second-order valence-corrected chi connectivity index (χ2v) is 8.64. The number of carbonyl (C=O) groups excluding carboxylic acids is 2. The van der Waals surface area contributed by atoms with Crippen LogP contribution in [-0.4, -0.2) is 66.0 Å². The Morgan fingerprint density at radius 3 is 2.48 bits per heavy atom. The lowest BCUT2D eigenvalue weighted by atomic mass is 9.95. The Labute approximate surface area is 190 Å². The number of ether oxygens (including phenoxy) is 1. The number of hydrogen-bond acceptors (Lipinski definition) is 5. The summed E-state index contributed by atoms with van der Waals surface area (Å²) in [4.78, 5) is 29.9. The van der Waals surface area contributed by atoms with E-state index in [0.29, 0.717) is 12.1 Å². The van der Waals surface area contributed by atoms with Gasteiger partial charge in [-0.2, -0.15) is 0 Å². The summed E-state index contributed by atoms with van der Waals surface area (Å²) in [5.41, 5.74) is 1.45. The molecule has 1 N–H and O–H groups in total. The third-order valence-corrected chi connectivity index (χ3v) is 6.22. The highest BCUT2D eigenvalue weighted by atomic mass is 79.9. The van der Waals surface area contributed by atoms with E-state index >= 15 is 0 Å². The number of rotatable bonds is 6. The van der Waals surface area contributed by atoms with Crippen molar-refractivity contribution in [3.8, 4) is 0 Å². The maximum Gasteiger partial charge on any atom is 0.295 e. The topological polar surface area (TPSA) is 70.1 Å². The Balaban J connectivity index is 1.66. The molecule has 2 aliphatic heterocycles. The molecule has 4 rings (SSSR count). The van der Waals surface area contributed by atoms with Gasteiger partial charge < -0.3 is 14.7 Å². The van der Waals surface area contributed by atoms with Crippen molar-refractivity contribution in [2.45, 2.75) is 12.5 Å². The maximum absolute atomic E-state index is 13.0. The van der Waals surface area contributed by atoms with Gasteiger partial charge in [-0.25, -0.2) is 0 Å². The SMILES string of the molecule is O=C1C(=O)N(CCCN2CCOCC2)[C@@H](c2cccc(Br)c2)/C1=C(\O)c1ccccc1. The summed E-state index contributed by atoms with van der Waals surface area (Å²) >= 11 is 3.48. The smallest absolute Gasteiger partial charge is 0.295 e. The first-order chi connectivity index (χ1) is 15.1. The zero-order valence-electron chi connectivity index (χ0n) is 17.2. The van der Waals surface area contributed by atoms with Gasteiger partial charge >= 0.3 is 0 Å². The van der Waals surface area contributed by atoms with Gasteiger partial charge in [0.1, 0.15) is 5.76 Å². The molecule has 7 heteroatoms. The summed E-state index contributed by atoms with van der Waals surface area (Å²) in [5, 5.41) is 11.0. The van der Waals surface area contributed by atoms with Crippen LogP contribution in [0, 0.1) is 0 Å². The number of amides is 1. The maximum atomic E-state index is 13.0. The Kier molecular flexibility index (Phi) is 6.85. The Bertz CT molecular complexity index is 986. The van der Waals surface area contributed by atoms with Crippen molar-refractivity contribution in [3.63, 3.8) is 0 Å². The van der Waals surface area contributed by atoms with Crippen LogP contribution in [0.3, 0.4) is 0 Å². The van der Waals surface area contributed by atoms with Crippen LogP contribution in [0.2, 0.25) is 0 Å². The van der Waals surface area contributed by atoms with Gasteiger partial charge in [0.05, 0.1) is 24.8 Å². The molecule has 0 spiro atoms. The van der Waals surface area contributed by atoms with Gasteiger partial charge in [0.25, 0.3) is 11.7 Å². The van der Waals surface area contributed by atoms with E-state index in [1.165, 1.54) is 0 Å². The number of benzene rings is 2. The largest absolute Gasteiger partial charge is 0.507 e. The molecule has 0 radical (unpaired) electrons. The molecule has 2 aliphatic rings. The highest BCUT2D eigenvalue weighted by molar-refractivity contribution is 9.10. The van der Waals surface area contributed by atoms with E-state index in [-0.39, 0.29) is 11.3 Å². The molecule has 1 amide bonds. The summed E-state index contributed by atoms with van der Waals surface area (Å²) in [6.07, 6.45) is 0.739. The second kappa shape index (κ2) is 9.77. The van der Waals surface area contributed by atoms with Crippen LogP contribution in [0.4, 0.5) is 0 Å². The lowest BCUT2D eigenvalue weighted by Gasteiger charge is -2.29. The van der Waals surface area contributed by atoms with Crippen LogP contribution >= 0.6 is 15.9 Å². The second-order valence-electron chi connectivity index (χ2n) is 7.72. The number of aliphatic hydroxyl groups excluding tert-OH is 1. The van der Waals surface area contributed by atoms with Crippen molar-refractivity contribution in [2.75, 3.05) is 39.4 Å². The van der Waals surface area contributed by atoms with Crippen molar-refractivity contribution in [2.24, 2.45) is 0 Å². The molecule has 0 unspecified atom stereocenters. The number of likely N-dealkylation sites (tertiary alicyclic amines) is 1. The quantitative estimate of drug-likeness (QED) is 0.385. The molecule has 31 heavy (non-hydrogen) atoms. The van der Waals surface area contributed by atoms with Gasteiger partial charge in [0.2, 0.25) is 0 Å². The van der Waals surface area contributed by atoms with E-state index in [2.05, 4.69) is 20.8 Å². The average Bonchev–Trinajstić information content (AvgIpc) is 3.05. The summed E-state index contributed by atoms with van der Waals surface area (Å²) < 4.78 is 6.24. The molecular formula is C24H25BrN2O4.